The number of anilines is 1. The highest BCUT2D eigenvalue weighted by Gasteiger charge is 2.34. The van der Waals surface area contributed by atoms with Gasteiger partial charge < -0.3 is 19.7 Å². The lowest BCUT2D eigenvalue weighted by Gasteiger charge is -2.17. The van der Waals surface area contributed by atoms with Gasteiger partial charge in [0.1, 0.15) is 11.5 Å². The molecule has 2 aromatic rings. The van der Waals surface area contributed by atoms with E-state index in [9.17, 15) is 9.59 Å². The van der Waals surface area contributed by atoms with Crippen molar-refractivity contribution in [1.29, 1.82) is 0 Å². The molecule has 27 heavy (non-hydrogen) atoms. The van der Waals surface area contributed by atoms with E-state index in [0.29, 0.717) is 35.3 Å². The molecule has 1 atom stereocenters. The Morgan fingerprint density at radius 1 is 1.19 bits per heavy atom. The van der Waals surface area contributed by atoms with E-state index < -0.39 is 5.92 Å². The number of benzene rings is 2. The Morgan fingerprint density at radius 2 is 1.93 bits per heavy atom. The maximum absolute atomic E-state index is 12.6. The van der Waals surface area contributed by atoms with E-state index in [-0.39, 0.29) is 18.2 Å². The van der Waals surface area contributed by atoms with Crippen LogP contribution in [0.5, 0.6) is 11.5 Å². The molecular formula is C20H21ClN2O4. The van der Waals surface area contributed by atoms with Crippen molar-refractivity contribution in [3.63, 3.8) is 0 Å². The first kappa shape index (κ1) is 19.0. The van der Waals surface area contributed by atoms with Crippen molar-refractivity contribution >= 4 is 29.1 Å². The van der Waals surface area contributed by atoms with E-state index in [1.807, 2.05) is 12.1 Å². The molecule has 0 aliphatic carbocycles. The predicted molar refractivity (Wildman–Crippen MR) is 103 cm³/mol. The zero-order valence-corrected chi connectivity index (χ0v) is 16.0. The van der Waals surface area contributed by atoms with Gasteiger partial charge in [-0.1, -0.05) is 23.7 Å². The number of rotatable bonds is 6. The Morgan fingerprint density at radius 3 is 2.59 bits per heavy atom. The van der Waals surface area contributed by atoms with Gasteiger partial charge in [-0.3, -0.25) is 9.59 Å². The number of nitrogens with one attached hydrogen (secondary N) is 1. The Bertz CT molecular complexity index is 838. The first-order chi connectivity index (χ1) is 13.0. The van der Waals surface area contributed by atoms with Crippen LogP contribution in [0.2, 0.25) is 5.02 Å². The van der Waals surface area contributed by atoms with Crippen LogP contribution in [0.15, 0.2) is 42.5 Å². The molecule has 1 unspecified atom stereocenters. The number of hydrogen-bond donors (Lipinski definition) is 1. The van der Waals surface area contributed by atoms with Gasteiger partial charge in [-0.05, 0) is 29.8 Å². The third kappa shape index (κ3) is 4.52. The van der Waals surface area contributed by atoms with Gasteiger partial charge >= 0.3 is 0 Å². The smallest absolute Gasteiger partial charge is 0.229 e. The van der Waals surface area contributed by atoms with Crippen LogP contribution < -0.4 is 14.8 Å². The van der Waals surface area contributed by atoms with Crippen molar-refractivity contribution in [2.45, 2.75) is 13.0 Å². The van der Waals surface area contributed by atoms with Crippen LogP contribution in [0.4, 0.5) is 5.69 Å². The highest BCUT2D eigenvalue weighted by atomic mass is 35.5. The molecule has 142 valence electrons. The average molecular weight is 389 g/mol. The maximum Gasteiger partial charge on any atom is 0.229 e. The van der Waals surface area contributed by atoms with E-state index in [1.54, 1.807) is 42.3 Å². The summed E-state index contributed by atoms with van der Waals surface area (Å²) in [6.07, 6.45) is 0.192. The van der Waals surface area contributed by atoms with Crippen LogP contribution in [0.25, 0.3) is 0 Å². The van der Waals surface area contributed by atoms with Crippen LogP contribution in [-0.2, 0) is 16.1 Å². The van der Waals surface area contributed by atoms with Crippen molar-refractivity contribution in [2.75, 3.05) is 26.1 Å². The third-order valence-corrected chi connectivity index (χ3v) is 4.79. The van der Waals surface area contributed by atoms with E-state index in [0.717, 1.165) is 5.56 Å². The van der Waals surface area contributed by atoms with Gasteiger partial charge in [0.25, 0.3) is 0 Å². The second-order valence-corrected chi connectivity index (χ2v) is 6.79. The van der Waals surface area contributed by atoms with Crippen LogP contribution >= 0.6 is 11.6 Å². The first-order valence-electron chi connectivity index (χ1n) is 8.55. The van der Waals surface area contributed by atoms with Crippen molar-refractivity contribution in [1.82, 2.24) is 4.90 Å². The molecule has 1 aliphatic rings. The number of amides is 2. The molecule has 0 spiro atoms. The molecule has 6 nitrogen and oxygen atoms in total. The second kappa shape index (κ2) is 8.31. The minimum atomic E-state index is -0.406. The maximum atomic E-state index is 12.6. The highest BCUT2D eigenvalue weighted by Crippen LogP contribution is 2.30. The second-order valence-electron chi connectivity index (χ2n) is 6.36. The Kier molecular flexibility index (Phi) is 5.86. The Labute approximate surface area is 163 Å². The summed E-state index contributed by atoms with van der Waals surface area (Å²) < 4.78 is 10.5. The minimum absolute atomic E-state index is 0.0354. The molecule has 2 amide bonds. The monoisotopic (exact) mass is 388 g/mol. The largest absolute Gasteiger partial charge is 0.497 e. The number of likely N-dealkylation sites (tertiary alicyclic amines) is 1. The van der Waals surface area contributed by atoms with E-state index in [2.05, 4.69) is 5.32 Å². The number of nitrogens with zero attached hydrogens (tertiary/aromatic N) is 1. The van der Waals surface area contributed by atoms with Gasteiger partial charge in [-0.2, -0.15) is 0 Å². The zero-order valence-electron chi connectivity index (χ0n) is 15.2. The average Bonchev–Trinajstić information content (AvgIpc) is 3.04. The molecule has 0 saturated carbocycles. The van der Waals surface area contributed by atoms with Crippen LogP contribution in [0.1, 0.15) is 12.0 Å². The zero-order chi connectivity index (χ0) is 19.4. The number of carbonyl (C=O) groups excluding carboxylic acids is 2. The minimum Gasteiger partial charge on any atom is -0.497 e. The molecular weight excluding hydrogens is 368 g/mol. The van der Waals surface area contributed by atoms with Crippen molar-refractivity contribution in [3.8, 4) is 11.5 Å². The predicted octanol–water partition coefficient (Wildman–Crippen LogP) is 3.34. The molecule has 1 N–H and O–H groups in total. The summed E-state index contributed by atoms with van der Waals surface area (Å²) in [6.45, 7) is 0.845. The normalized spacial score (nSPS) is 16.3. The number of hydrogen-bond acceptors (Lipinski definition) is 4. The molecule has 1 heterocycles. The van der Waals surface area contributed by atoms with E-state index in [1.165, 1.54) is 7.11 Å². The SMILES string of the molecule is COc1ccc(NC(=O)C2CC(=O)N(Cc3ccc(Cl)cc3)C2)c(OC)c1. The fourth-order valence-corrected chi connectivity index (χ4v) is 3.17. The molecule has 1 saturated heterocycles. The number of methoxy groups -OCH3 is 2. The number of carbonyl (C=O) groups is 2. The standard InChI is InChI=1S/C20H21ClN2O4/c1-26-16-7-8-17(18(10-16)27-2)22-20(25)14-9-19(24)23(12-14)11-13-3-5-15(21)6-4-13/h3-8,10,14H,9,11-12H2,1-2H3,(H,22,25). The molecule has 1 fully saturated rings. The third-order valence-electron chi connectivity index (χ3n) is 4.54. The van der Waals surface area contributed by atoms with Gasteiger partial charge in [0.2, 0.25) is 11.8 Å². The fraction of sp³-hybridized carbons (Fsp3) is 0.300. The van der Waals surface area contributed by atoms with Gasteiger partial charge in [0.15, 0.2) is 0 Å². The quantitative estimate of drug-likeness (QED) is 0.824. The first-order valence-corrected chi connectivity index (χ1v) is 8.93. The summed E-state index contributed by atoms with van der Waals surface area (Å²) in [7, 11) is 3.09. The van der Waals surface area contributed by atoms with Gasteiger partial charge in [0, 0.05) is 30.6 Å². The summed E-state index contributed by atoms with van der Waals surface area (Å²) in [5.74, 6) is 0.494. The molecule has 3 rings (SSSR count). The lowest BCUT2D eigenvalue weighted by molar-refractivity contribution is -0.128. The summed E-state index contributed by atoms with van der Waals surface area (Å²) in [6, 6.07) is 12.5. The number of ether oxygens (including phenoxy) is 2. The summed E-state index contributed by atoms with van der Waals surface area (Å²) in [4.78, 5) is 26.6. The van der Waals surface area contributed by atoms with Crippen molar-refractivity contribution < 1.29 is 19.1 Å². The van der Waals surface area contributed by atoms with Crippen LogP contribution in [0, 0.1) is 5.92 Å². The molecule has 1 aliphatic heterocycles. The Hall–Kier alpha value is -2.73. The Balaban J connectivity index is 1.64. The van der Waals surface area contributed by atoms with Crippen molar-refractivity contribution in [2.24, 2.45) is 5.92 Å². The highest BCUT2D eigenvalue weighted by molar-refractivity contribution is 6.30. The lowest BCUT2D eigenvalue weighted by Crippen LogP contribution is -2.28. The van der Waals surface area contributed by atoms with E-state index in [4.69, 9.17) is 21.1 Å². The topological polar surface area (TPSA) is 67.9 Å². The van der Waals surface area contributed by atoms with Gasteiger partial charge in [0.05, 0.1) is 25.8 Å². The summed E-state index contributed by atoms with van der Waals surface area (Å²) in [5, 5.41) is 3.50. The van der Waals surface area contributed by atoms with Crippen molar-refractivity contribution in [3.05, 3.63) is 53.1 Å². The summed E-state index contributed by atoms with van der Waals surface area (Å²) in [5.41, 5.74) is 1.53. The van der Waals surface area contributed by atoms with E-state index >= 15 is 0 Å². The molecule has 0 aromatic heterocycles. The summed E-state index contributed by atoms with van der Waals surface area (Å²) >= 11 is 5.89. The molecule has 0 bridgehead atoms. The molecule has 0 radical (unpaired) electrons. The van der Waals surface area contributed by atoms with Gasteiger partial charge in [-0.25, -0.2) is 0 Å². The van der Waals surface area contributed by atoms with Crippen LogP contribution in [0.3, 0.4) is 0 Å². The molecule has 7 heteroatoms. The fourth-order valence-electron chi connectivity index (χ4n) is 3.05. The molecule has 2 aromatic carbocycles. The van der Waals surface area contributed by atoms with Gasteiger partial charge in [-0.15, -0.1) is 0 Å². The number of halogens is 1. The lowest BCUT2D eigenvalue weighted by atomic mass is 10.1. The van der Waals surface area contributed by atoms with Crippen LogP contribution in [-0.4, -0.2) is 37.5 Å².